The second-order valence-corrected chi connectivity index (χ2v) is 3.91. The van der Waals surface area contributed by atoms with E-state index in [0.29, 0.717) is 12.0 Å². The molecule has 4 nitrogen and oxygen atoms in total. The molecule has 0 unspecified atom stereocenters. The molecule has 0 aliphatic rings. The Kier molecular flexibility index (Phi) is 5.91. The highest BCUT2D eigenvalue weighted by Crippen LogP contribution is 2.29. The Morgan fingerprint density at radius 1 is 1.35 bits per heavy atom. The Balaban J connectivity index is 3.22. The molecule has 0 aliphatic heterocycles. The molecular weight excluding hydrogens is 268 g/mol. The van der Waals surface area contributed by atoms with E-state index in [2.05, 4.69) is 4.74 Å². The van der Waals surface area contributed by atoms with Gasteiger partial charge < -0.3 is 9.47 Å². The van der Waals surface area contributed by atoms with Gasteiger partial charge in [0.25, 0.3) is 0 Å². The van der Waals surface area contributed by atoms with E-state index in [1.165, 1.54) is 6.07 Å². The van der Waals surface area contributed by atoms with Gasteiger partial charge in [0.05, 0.1) is 18.6 Å². The summed E-state index contributed by atoms with van der Waals surface area (Å²) in [6.45, 7) is 0.584. The zero-order valence-corrected chi connectivity index (χ0v) is 11.3. The van der Waals surface area contributed by atoms with Crippen molar-refractivity contribution in [1.82, 2.24) is 0 Å². The van der Waals surface area contributed by atoms with Crippen LogP contribution in [0.3, 0.4) is 0 Å². The molecular formula is C14H15F2NO3. The minimum absolute atomic E-state index is 0.0367. The van der Waals surface area contributed by atoms with Crippen molar-refractivity contribution in [3.8, 4) is 11.8 Å². The third kappa shape index (κ3) is 3.92. The lowest BCUT2D eigenvalue weighted by Crippen LogP contribution is -2.12. The first-order valence-electron chi connectivity index (χ1n) is 6.18. The third-order valence-electron chi connectivity index (χ3n) is 2.67. The van der Waals surface area contributed by atoms with Crippen molar-refractivity contribution >= 4 is 5.97 Å². The monoisotopic (exact) mass is 283 g/mol. The van der Waals surface area contributed by atoms with Gasteiger partial charge in [0, 0.05) is 5.56 Å². The number of aryl methyl sites for hydroxylation is 1. The maximum Gasteiger partial charge on any atom is 0.387 e. The van der Waals surface area contributed by atoms with Crippen molar-refractivity contribution in [2.75, 3.05) is 6.61 Å². The van der Waals surface area contributed by atoms with Crippen molar-refractivity contribution in [2.24, 2.45) is 0 Å². The molecule has 0 fully saturated rings. The second-order valence-electron chi connectivity index (χ2n) is 3.91. The van der Waals surface area contributed by atoms with Crippen LogP contribution in [-0.4, -0.2) is 19.2 Å². The predicted molar refractivity (Wildman–Crippen MR) is 67.5 cm³/mol. The highest BCUT2D eigenvalue weighted by Gasteiger charge is 2.19. The summed E-state index contributed by atoms with van der Waals surface area (Å²) in [4.78, 5) is 11.5. The lowest BCUT2D eigenvalue weighted by Gasteiger charge is -2.14. The van der Waals surface area contributed by atoms with Crippen molar-refractivity contribution < 1.29 is 23.0 Å². The van der Waals surface area contributed by atoms with Gasteiger partial charge in [-0.05, 0) is 18.9 Å². The van der Waals surface area contributed by atoms with Crippen molar-refractivity contribution in [1.29, 1.82) is 5.26 Å². The molecule has 0 saturated carbocycles. The number of nitrogens with zero attached hydrogens (tertiary/aromatic N) is 1. The summed E-state index contributed by atoms with van der Waals surface area (Å²) in [6, 6.07) is 4.99. The number of esters is 1. The molecule has 0 bridgehead atoms. The average Bonchev–Trinajstić information content (AvgIpc) is 2.40. The molecule has 6 heteroatoms. The molecule has 1 aromatic carbocycles. The average molecular weight is 283 g/mol. The number of nitriles is 1. The lowest BCUT2D eigenvalue weighted by atomic mass is 9.99. The van der Waals surface area contributed by atoms with Gasteiger partial charge in [-0.25, -0.2) is 0 Å². The van der Waals surface area contributed by atoms with E-state index in [4.69, 9.17) is 10.00 Å². The molecule has 20 heavy (non-hydrogen) atoms. The summed E-state index contributed by atoms with van der Waals surface area (Å²) in [5, 5.41) is 9.11. The van der Waals surface area contributed by atoms with Crippen LogP contribution in [0.15, 0.2) is 12.1 Å². The van der Waals surface area contributed by atoms with Gasteiger partial charge in [-0.2, -0.15) is 14.0 Å². The summed E-state index contributed by atoms with van der Waals surface area (Å²) < 4.78 is 34.2. The molecule has 1 rings (SSSR count). The van der Waals surface area contributed by atoms with Crippen LogP contribution in [0, 0.1) is 11.3 Å². The quantitative estimate of drug-likeness (QED) is 0.753. The van der Waals surface area contributed by atoms with Crippen LogP contribution in [0.2, 0.25) is 0 Å². The summed E-state index contributed by atoms with van der Waals surface area (Å²) in [7, 11) is 0. The fourth-order valence-electron chi connectivity index (χ4n) is 1.81. The van der Waals surface area contributed by atoms with Crippen LogP contribution >= 0.6 is 0 Å². The largest absolute Gasteiger partial charge is 0.466 e. The van der Waals surface area contributed by atoms with Crippen LogP contribution in [0.25, 0.3) is 0 Å². The third-order valence-corrected chi connectivity index (χ3v) is 2.67. The van der Waals surface area contributed by atoms with Gasteiger partial charge in [0.15, 0.2) is 0 Å². The molecule has 0 saturated heterocycles. The van der Waals surface area contributed by atoms with Crippen LogP contribution in [-0.2, 0) is 22.4 Å². The SMILES string of the molecule is CCOC(=O)Cc1ccc(CC)c(C#N)c1OC(F)F. The Hall–Kier alpha value is -2.16. The maximum atomic E-state index is 12.5. The number of alkyl halides is 2. The van der Waals surface area contributed by atoms with Gasteiger partial charge in [-0.15, -0.1) is 0 Å². The van der Waals surface area contributed by atoms with Crippen molar-refractivity contribution in [3.05, 3.63) is 28.8 Å². The number of ether oxygens (including phenoxy) is 2. The van der Waals surface area contributed by atoms with Gasteiger partial charge >= 0.3 is 12.6 Å². The van der Waals surface area contributed by atoms with Crippen LogP contribution < -0.4 is 4.74 Å². The van der Waals surface area contributed by atoms with Gasteiger partial charge in [-0.3, -0.25) is 4.79 Å². The fraction of sp³-hybridized carbons (Fsp3) is 0.429. The highest BCUT2D eigenvalue weighted by atomic mass is 19.3. The zero-order chi connectivity index (χ0) is 15.1. The van der Waals surface area contributed by atoms with E-state index in [1.807, 2.05) is 6.07 Å². The van der Waals surface area contributed by atoms with Crippen LogP contribution in [0.5, 0.6) is 5.75 Å². The summed E-state index contributed by atoms with van der Waals surface area (Å²) in [5.41, 5.74) is 0.850. The smallest absolute Gasteiger partial charge is 0.387 e. The van der Waals surface area contributed by atoms with E-state index in [1.54, 1.807) is 19.9 Å². The molecule has 0 radical (unpaired) electrons. The second kappa shape index (κ2) is 7.43. The Morgan fingerprint density at radius 3 is 2.50 bits per heavy atom. The number of carbonyl (C=O) groups excluding carboxylic acids is 1. The number of hydrogen-bond acceptors (Lipinski definition) is 4. The molecule has 0 spiro atoms. The fourth-order valence-corrected chi connectivity index (χ4v) is 1.81. The van der Waals surface area contributed by atoms with E-state index >= 15 is 0 Å². The van der Waals surface area contributed by atoms with E-state index in [-0.39, 0.29) is 29.9 Å². The molecule has 1 aromatic rings. The Labute approximate surface area is 115 Å². The number of benzene rings is 1. The molecule has 0 N–H and O–H groups in total. The summed E-state index contributed by atoms with van der Waals surface area (Å²) in [5.74, 6) is -0.797. The Morgan fingerprint density at radius 2 is 2.00 bits per heavy atom. The summed E-state index contributed by atoms with van der Waals surface area (Å²) >= 11 is 0. The first kappa shape index (κ1) is 15.9. The number of halogens is 2. The topological polar surface area (TPSA) is 59.3 Å². The lowest BCUT2D eigenvalue weighted by molar-refractivity contribution is -0.142. The normalized spacial score (nSPS) is 10.2. The maximum absolute atomic E-state index is 12.5. The molecule has 0 atom stereocenters. The summed E-state index contributed by atoms with van der Waals surface area (Å²) in [6.07, 6.45) is 0.288. The van der Waals surface area contributed by atoms with E-state index in [0.717, 1.165) is 0 Å². The molecule has 0 aromatic heterocycles. The van der Waals surface area contributed by atoms with Crippen LogP contribution in [0.4, 0.5) is 8.78 Å². The van der Waals surface area contributed by atoms with Crippen molar-refractivity contribution in [3.63, 3.8) is 0 Å². The molecule has 0 amide bonds. The highest BCUT2D eigenvalue weighted by molar-refractivity contribution is 5.74. The Bertz CT molecular complexity index is 524. The minimum atomic E-state index is -3.06. The van der Waals surface area contributed by atoms with Gasteiger partial charge in [-0.1, -0.05) is 19.1 Å². The van der Waals surface area contributed by atoms with E-state index < -0.39 is 12.6 Å². The minimum Gasteiger partial charge on any atom is -0.466 e. The van der Waals surface area contributed by atoms with Gasteiger partial charge in [0.2, 0.25) is 0 Å². The number of hydrogen-bond donors (Lipinski definition) is 0. The number of rotatable bonds is 6. The molecule has 0 heterocycles. The van der Waals surface area contributed by atoms with E-state index in [9.17, 15) is 13.6 Å². The molecule has 108 valence electrons. The number of carbonyl (C=O) groups is 1. The first-order valence-corrected chi connectivity index (χ1v) is 6.18. The first-order chi connectivity index (χ1) is 9.53. The molecule has 0 aliphatic carbocycles. The van der Waals surface area contributed by atoms with Gasteiger partial charge in [0.1, 0.15) is 11.8 Å². The van der Waals surface area contributed by atoms with Crippen molar-refractivity contribution in [2.45, 2.75) is 33.3 Å². The van der Waals surface area contributed by atoms with Crippen LogP contribution in [0.1, 0.15) is 30.5 Å². The standard InChI is InChI=1S/C14H15F2NO3/c1-3-9-5-6-10(7-12(18)19-4-2)13(11(9)8-17)20-14(15)16/h5-6,14H,3-4,7H2,1-2H3. The predicted octanol–water partition coefficient (Wildman–Crippen LogP) is 2.83. The zero-order valence-electron chi connectivity index (χ0n) is 11.3.